The van der Waals surface area contributed by atoms with E-state index < -0.39 is 29.6 Å². The second-order valence-electron chi connectivity index (χ2n) is 5.18. The molecule has 1 aromatic heterocycles. The van der Waals surface area contributed by atoms with Crippen LogP contribution < -0.4 is 5.32 Å². The first-order valence-corrected chi connectivity index (χ1v) is 9.06. The normalized spacial score (nSPS) is 15.5. The molecule has 2 aromatic rings. The van der Waals surface area contributed by atoms with Crippen molar-refractivity contribution in [2.45, 2.75) is 0 Å². The molecular formula is C17H12N2O5S2. The summed E-state index contributed by atoms with van der Waals surface area (Å²) in [5.41, 5.74) is 0.0266. The standard InChI is InChI=1S/C17H12N2O5S2/c20-14(18-12-6-2-1-5-11(12)16(22)23)9-19-15(21)13(26-17(19)24)8-10-4-3-7-25-10/h1-8H,9H2,(H,18,20)(H,22,23)/b13-8-. The zero-order valence-electron chi connectivity index (χ0n) is 13.2. The van der Waals surface area contributed by atoms with Crippen LogP contribution in [0.1, 0.15) is 15.2 Å². The number of aromatic carboxylic acids is 1. The lowest BCUT2D eigenvalue weighted by Crippen LogP contribution is -2.36. The minimum Gasteiger partial charge on any atom is -0.478 e. The van der Waals surface area contributed by atoms with Gasteiger partial charge in [-0.15, -0.1) is 11.3 Å². The zero-order chi connectivity index (χ0) is 18.7. The number of thioether (sulfide) groups is 1. The van der Waals surface area contributed by atoms with Gasteiger partial charge in [0.1, 0.15) is 6.54 Å². The van der Waals surface area contributed by atoms with Crippen molar-refractivity contribution in [1.82, 2.24) is 4.90 Å². The van der Waals surface area contributed by atoms with Gasteiger partial charge in [0.25, 0.3) is 11.1 Å². The number of nitrogens with one attached hydrogen (secondary N) is 1. The molecule has 1 saturated heterocycles. The summed E-state index contributed by atoms with van der Waals surface area (Å²) in [7, 11) is 0. The largest absolute Gasteiger partial charge is 0.478 e. The Morgan fingerprint density at radius 2 is 1.92 bits per heavy atom. The summed E-state index contributed by atoms with van der Waals surface area (Å²) in [6.45, 7) is -0.486. The molecule has 0 radical (unpaired) electrons. The van der Waals surface area contributed by atoms with Crippen LogP contribution in [0.3, 0.4) is 0 Å². The molecule has 7 nitrogen and oxygen atoms in total. The number of imide groups is 1. The first-order valence-electron chi connectivity index (χ1n) is 7.37. The van der Waals surface area contributed by atoms with Crippen LogP contribution in [0.2, 0.25) is 0 Å². The Morgan fingerprint density at radius 3 is 2.62 bits per heavy atom. The molecule has 3 rings (SSSR count). The number of carboxylic acids is 1. The van der Waals surface area contributed by atoms with E-state index in [-0.39, 0.29) is 16.2 Å². The van der Waals surface area contributed by atoms with Crippen molar-refractivity contribution in [2.24, 2.45) is 0 Å². The third-order valence-corrected chi connectivity index (χ3v) is 5.15. The maximum absolute atomic E-state index is 12.4. The Balaban J connectivity index is 1.71. The van der Waals surface area contributed by atoms with Crippen molar-refractivity contribution in [3.8, 4) is 0 Å². The number of amides is 3. The van der Waals surface area contributed by atoms with Gasteiger partial charge < -0.3 is 10.4 Å². The fourth-order valence-electron chi connectivity index (χ4n) is 2.25. The van der Waals surface area contributed by atoms with Gasteiger partial charge in [0.15, 0.2) is 0 Å². The van der Waals surface area contributed by atoms with Crippen LogP contribution in [-0.2, 0) is 9.59 Å². The second kappa shape index (κ2) is 7.54. The number of hydrogen-bond acceptors (Lipinski definition) is 6. The van der Waals surface area contributed by atoms with Crippen LogP contribution in [0.25, 0.3) is 6.08 Å². The van der Waals surface area contributed by atoms with Crippen molar-refractivity contribution in [3.63, 3.8) is 0 Å². The van der Waals surface area contributed by atoms with Gasteiger partial charge in [-0.25, -0.2) is 4.79 Å². The molecule has 26 heavy (non-hydrogen) atoms. The molecule has 2 heterocycles. The number of thiophene rings is 1. The molecular weight excluding hydrogens is 376 g/mol. The third kappa shape index (κ3) is 3.84. The molecule has 0 unspecified atom stereocenters. The summed E-state index contributed by atoms with van der Waals surface area (Å²) < 4.78 is 0. The topological polar surface area (TPSA) is 104 Å². The van der Waals surface area contributed by atoms with Gasteiger partial charge in [0.05, 0.1) is 16.2 Å². The Hall–Kier alpha value is -2.91. The van der Waals surface area contributed by atoms with Gasteiger partial charge in [-0.3, -0.25) is 19.3 Å². The van der Waals surface area contributed by atoms with Crippen LogP contribution >= 0.6 is 23.1 Å². The lowest BCUT2D eigenvalue weighted by atomic mass is 10.2. The van der Waals surface area contributed by atoms with E-state index in [0.717, 1.165) is 21.5 Å². The number of anilines is 1. The molecule has 0 atom stereocenters. The molecule has 3 amide bonds. The van der Waals surface area contributed by atoms with Crippen molar-refractivity contribution in [3.05, 3.63) is 57.1 Å². The number of hydrogen-bond donors (Lipinski definition) is 2. The van der Waals surface area contributed by atoms with Crippen LogP contribution in [0.15, 0.2) is 46.7 Å². The Labute approximate surface area is 156 Å². The van der Waals surface area contributed by atoms with Gasteiger partial charge in [-0.05, 0) is 41.4 Å². The summed E-state index contributed by atoms with van der Waals surface area (Å²) >= 11 is 2.20. The zero-order valence-corrected chi connectivity index (χ0v) is 14.8. The predicted octanol–water partition coefficient (Wildman–Crippen LogP) is 3.12. The number of carbonyl (C=O) groups excluding carboxylic acids is 3. The molecule has 9 heteroatoms. The fraction of sp³-hybridized carbons (Fsp3) is 0.0588. The molecule has 0 spiro atoms. The molecule has 1 aromatic carbocycles. The maximum Gasteiger partial charge on any atom is 0.337 e. The maximum atomic E-state index is 12.4. The van der Waals surface area contributed by atoms with Gasteiger partial charge in [-0.2, -0.15) is 0 Å². The highest BCUT2D eigenvalue weighted by atomic mass is 32.2. The monoisotopic (exact) mass is 388 g/mol. The van der Waals surface area contributed by atoms with E-state index in [4.69, 9.17) is 5.11 Å². The molecule has 0 saturated carbocycles. The highest BCUT2D eigenvalue weighted by molar-refractivity contribution is 8.18. The number of carboxylic acid groups (broad SMARTS) is 1. The minimum atomic E-state index is -1.19. The van der Waals surface area contributed by atoms with Gasteiger partial charge >= 0.3 is 5.97 Å². The lowest BCUT2D eigenvalue weighted by molar-refractivity contribution is -0.127. The molecule has 1 aliphatic heterocycles. The van der Waals surface area contributed by atoms with Crippen LogP contribution in [0, 0.1) is 0 Å². The molecule has 0 aliphatic carbocycles. The molecule has 1 aliphatic rings. The molecule has 2 N–H and O–H groups in total. The number of para-hydroxylation sites is 1. The lowest BCUT2D eigenvalue weighted by Gasteiger charge is -2.13. The average molecular weight is 388 g/mol. The summed E-state index contributed by atoms with van der Waals surface area (Å²) in [5, 5.41) is 12.9. The van der Waals surface area contributed by atoms with Crippen molar-refractivity contribution in [2.75, 3.05) is 11.9 Å². The first kappa shape index (κ1) is 17.9. The third-order valence-electron chi connectivity index (χ3n) is 3.42. The van der Waals surface area contributed by atoms with E-state index in [2.05, 4.69) is 5.32 Å². The van der Waals surface area contributed by atoms with Gasteiger partial charge in [0, 0.05) is 4.88 Å². The molecule has 0 bridgehead atoms. The predicted molar refractivity (Wildman–Crippen MR) is 99.0 cm³/mol. The Morgan fingerprint density at radius 1 is 1.15 bits per heavy atom. The van der Waals surface area contributed by atoms with E-state index in [9.17, 15) is 19.2 Å². The number of benzene rings is 1. The van der Waals surface area contributed by atoms with E-state index in [1.807, 2.05) is 17.5 Å². The second-order valence-corrected chi connectivity index (χ2v) is 7.15. The van der Waals surface area contributed by atoms with E-state index in [1.54, 1.807) is 12.1 Å². The first-order chi connectivity index (χ1) is 12.5. The highest BCUT2D eigenvalue weighted by Crippen LogP contribution is 2.32. The van der Waals surface area contributed by atoms with Gasteiger partial charge in [-0.1, -0.05) is 18.2 Å². The smallest absolute Gasteiger partial charge is 0.337 e. The quantitative estimate of drug-likeness (QED) is 0.763. The van der Waals surface area contributed by atoms with Gasteiger partial charge in [0.2, 0.25) is 5.91 Å². The summed E-state index contributed by atoms with van der Waals surface area (Å²) in [4.78, 5) is 49.7. The van der Waals surface area contributed by atoms with E-state index >= 15 is 0 Å². The number of nitrogens with zero attached hydrogens (tertiary/aromatic N) is 1. The summed E-state index contributed by atoms with van der Waals surface area (Å²) in [6, 6.07) is 9.53. The van der Waals surface area contributed by atoms with E-state index in [1.165, 1.54) is 29.5 Å². The fourth-order valence-corrected chi connectivity index (χ4v) is 3.81. The number of rotatable bonds is 5. The van der Waals surface area contributed by atoms with Crippen molar-refractivity contribution in [1.29, 1.82) is 0 Å². The Kier molecular flexibility index (Phi) is 5.19. The van der Waals surface area contributed by atoms with Crippen molar-refractivity contribution >= 4 is 57.9 Å². The van der Waals surface area contributed by atoms with Crippen LogP contribution in [0.4, 0.5) is 10.5 Å². The minimum absolute atomic E-state index is 0.0763. The Bertz CT molecular complexity index is 921. The van der Waals surface area contributed by atoms with Crippen LogP contribution in [-0.4, -0.2) is 39.6 Å². The van der Waals surface area contributed by atoms with E-state index in [0.29, 0.717) is 0 Å². The SMILES string of the molecule is O=C(CN1C(=O)S/C(=C\c2cccs2)C1=O)Nc1ccccc1C(=O)O. The number of carbonyl (C=O) groups is 4. The molecule has 1 fully saturated rings. The molecule has 132 valence electrons. The van der Waals surface area contributed by atoms with Crippen molar-refractivity contribution < 1.29 is 24.3 Å². The summed E-state index contributed by atoms with van der Waals surface area (Å²) in [5.74, 6) is -2.39. The van der Waals surface area contributed by atoms with Crippen LogP contribution in [0.5, 0.6) is 0 Å². The highest BCUT2D eigenvalue weighted by Gasteiger charge is 2.36. The summed E-state index contributed by atoms with van der Waals surface area (Å²) in [6.07, 6.45) is 1.60. The average Bonchev–Trinajstić information content (AvgIpc) is 3.19.